The summed E-state index contributed by atoms with van der Waals surface area (Å²) in [4.78, 5) is 9.57. The summed E-state index contributed by atoms with van der Waals surface area (Å²) in [6, 6.07) is 19.6. The maximum atomic E-state index is 6.24. The van der Waals surface area contributed by atoms with Gasteiger partial charge >= 0.3 is 0 Å². The van der Waals surface area contributed by atoms with Gasteiger partial charge in [-0.1, -0.05) is 65.8 Å². The number of hydrogen-bond donors (Lipinski definition) is 0. The van der Waals surface area contributed by atoms with Crippen molar-refractivity contribution >= 4 is 34.5 Å². The van der Waals surface area contributed by atoms with Crippen LogP contribution < -0.4 is 0 Å². The van der Waals surface area contributed by atoms with Gasteiger partial charge in [-0.15, -0.1) is 0 Å². The molecule has 5 heteroatoms. The molecule has 0 unspecified atom stereocenters. The molecule has 2 aromatic heterocycles. The highest BCUT2D eigenvalue weighted by atomic mass is 35.5. The van der Waals surface area contributed by atoms with Crippen LogP contribution in [0.15, 0.2) is 81.3 Å². The van der Waals surface area contributed by atoms with Gasteiger partial charge in [-0.25, -0.2) is 9.97 Å². The van der Waals surface area contributed by atoms with E-state index in [1.165, 1.54) is 18.1 Å². The topological polar surface area (TPSA) is 38.9 Å². The van der Waals surface area contributed by atoms with Gasteiger partial charge in [0.15, 0.2) is 0 Å². The summed E-state index contributed by atoms with van der Waals surface area (Å²) in [7, 11) is 0. The molecule has 112 valence electrons. The van der Waals surface area contributed by atoms with E-state index in [4.69, 9.17) is 16.0 Å². The molecule has 23 heavy (non-hydrogen) atoms. The standard InChI is InChI=1S/C18H11ClN2OS/c19-14-8-4-5-9-16(14)23-18-13-10-15(12-6-2-1-3-7-12)22-17(13)20-11-21-18/h1-11H. The normalized spacial score (nSPS) is 11.0. The van der Waals surface area contributed by atoms with Crippen molar-refractivity contribution in [2.75, 3.05) is 0 Å². The Bertz CT molecular complexity index is 969. The molecule has 0 radical (unpaired) electrons. The highest BCUT2D eigenvalue weighted by Gasteiger charge is 2.13. The molecule has 4 aromatic rings. The second-order valence-electron chi connectivity index (χ2n) is 4.91. The molecular formula is C18H11ClN2OS. The van der Waals surface area contributed by atoms with E-state index >= 15 is 0 Å². The van der Waals surface area contributed by atoms with Crippen LogP contribution in [0.1, 0.15) is 0 Å². The highest BCUT2D eigenvalue weighted by Crippen LogP contribution is 2.37. The number of fused-ring (bicyclic) bond motifs is 1. The molecular weight excluding hydrogens is 328 g/mol. The number of hydrogen-bond acceptors (Lipinski definition) is 4. The van der Waals surface area contributed by atoms with Crippen molar-refractivity contribution in [2.45, 2.75) is 9.92 Å². The molecule has 0 aliphatic rings. The third-order valence-electron chi connectivity index (χ3n) is 3.39. The van der Waals surface area contributed by atoms with Gasteiger partial charge in [-0.05, 0) is 18.2 Å². The van der Waals surface area contributed by atoms with E-state index in [9.17, 15) is 0 Å². The van der Waals surface area contributed by atoms with Crippen molar-refractivity contribution in [3.63, 3.8) is 0 Å². The molecule has 0 aliphatic heterocycles. The van der Waals surface area contributed by atoms with E-state index in [2.05, 4.69) is 9.97 Å². The molecule has 0 saturated heterocycles. The highest BCUT2D eigenvalue weighted by molar-refractivity contribution is 7.99. The van der Waals surface area contributed by atoms with Crippen molar-refractivity contribution in [3.8, 4) is 11.3 Å². The van der Waals surface area contributed by atoms with E-state index in [0.717, 1.165) is 26.6 Å². The van der Waals surface area contributed by atoms with Gasteiger partial charge in [0.2, 0.25) is 5.71 Å². The predicted molar refractivity (Wildman–Crippen MR) is 92.8 cm³/mol. The van der Waals surface area contributed by atoms with Crippen LogP contribution in [-0.2, 0) is 0 Å². The van der Waals surface area contributed by atoms with Crippen molar-refractivity contribution in [1.29, 1.82) is 0 Å². The number of halogens is 1. The van der Waals surface area contributed by atoms with Crippen LogP contribution in [0.5, 0.6) is 0 Å². The van der Waals surface area contributed by atoms with E-state index in [1.807, 2.05) is 60.7 Å². The van der Waals surface area contributed by atoms with Gasteiger partial charge in [-0.2, -0.15) is 0 Å². The second kappa shape index (κ2) is 6.07. The van der Waals surface area contributed by atoms with E-state index in [-0.39, 0.29) is 0 Å². The van der Waals surface area contributed by atoms with Crippen LogP contribution in [0, 0.1) is 0 Å². The average molecular weight is 339 g/mol. The molecule has 0 saturated carbocycles. The molecule has 0 spiro atoms. The van der Waals surface area contributed by atoms with Crippen molar-refractivity contribution in [1.82, 2.24) is 9.97 Å². The minimum atomic E-state index is 0.577. The van der Waals surface area contributed by atoms with Gasteiger partial charge < -0.3 is 4.42 Å². The van der Waals surface area contributed by atoms with Crippen LogP contribution >= 0.6 is 23.4 Å². The van der Waals surface area contributed by atoms with Crippen LogP contribution in [0.25, 0.3) is 22.4 Å². The zero-order valence-corrected chi connectivity index (χ0v) is 13.5. The average Bonchev–Trinajstić information content (AvgIpc) is 3.03. The maximum absolute atomic E-state index is 6.24. The number of aromatic nitrogens is 2. The second-order valence-corrected chi connectivity index (χ2v) is 6.34. The summed E-state index contributed by atoms with van der Waals surface area (Å²) in [5, 5.41) is 2.42. The summed E-state index contributed by atoms with van der Waals surface area (Å²) in [6.45, 7) is 0. The number of furan rings is 1. The Labute approximate surface area is 142 Å². The lowest BCUT2D eigenvalue weighted by atomic mass is 10.2. The first-order chi connectivity index (χ1) is 11.3. The summed E-state index contributed by atoms with van der Waals surface area (Å²) in [6.07, 6.45) is 1.51. The lowest BCUT2D eigenvalue weighted by Gasteiger charge is -2.03. The van der Waals surface area contributed by atoms with Crippen molar-refractivity contribution in [2.24, 2.45) is 0 Å². The Morgan fingerprint density at radius 1 is 0.913 bits per heavy atom. The molecule has 0 fully saturated rings. The zero-order valence-electron chi connectivity index (χ0n) is 11.9. The maximum Gasteiger partial charge on any atom is 0.230 e. The van der Waals surface area contributed by atoms with E-state index in [0.29, 0.717) is 10.7 Å². The fourth-order valence-corrected chi connectivity index (χ4v) is 3.42. The number of rotatable bonds is 3. The summed E-state index contributed by atoms with van der Waals surface area (Å²) >= 11 is 7.75. The fourth-order valence-electron chi connectivity index (χ4n) is 2.29. The van der Waals surface area contributed by atoms with Gasteiger partial charge in [0, 0.05) is 10.5 Å². The SMILES string of the molecule is Clc1ccccc1Sc1ncnc2oc(-c3ccccc3)cc12. The summed E-state index contributed by atoms with van der Waals surface area (Å²) in [5.74, 6) is 0.780. The van der Waals surface area contributed by atoms with Crippen LogP contribution in [0.2, 0.25) is 5.02 Å². The molecule has 2 heterocycles. The zero-order chi connectivity index (χ0) is 15.6. The van der Waals surface area contributed by atoms with Crippen molar-refractivity contribution < 1.29 is 4.42 Å². The lowest BCUT2D eigenvalue weighted by Crippen LogP contribution is -1.83. The van der Waals surface area contributed by atoms with Gasteiger partial charge in [0.05, 0.1) is 10.4 Å². The van der Waals surface area contributed by atoms with Gasteiger partial charge in [0.25, 0.3) is 0 Å². The first-order valence-corrected chi connectivity index (χ1v) is 8.23. The largest absolute Gasteiger partial charge is 0.438 e. The number of benzene rings is 2. The lowest BCUT2D eigenvalue weighted by molar-refractivity contribution is 0.616. The Balaban J connectivity index is 1.79. The molecule has 0 atom stereocenters. The first-order valence-electron chi connectivity index (χ1n) is 7.03. The van der Waals surface area contributed by atoms with Crippen LogP contribution in [-0.4, -0.2) is 9.97 Å². The smallest absolute Gasteiger partial charge is 0.230 e. The third kappa shape index (κ3) is 2.83. The third-order valence-corrected chi connectivity index (χ3v) is 4.93. The fraction of sp³-hybridized carbons (Fsp3) is 0. The first kappa shape index (κ1) is 14.3. The summed E-state index contributed by atoms with van der Waals surface area (Å²) in [5.41, 5.74) is 1.59. The Kier molecular flexibility index (Phi) is 3.77. The predicted octanol–water partition coefficient (Wildman–Crippen LogP) is 5.69. The Hall–Kier alpha value is -2.30. The monoisotopic (exact) mass is 338 g/mol. The quantitative estimate of drug-likeness (QED) is 0.449. The van der Waals surface area contributed by atoms with Crippen molar-refractivity contribution in [3.05, 3.63) is 72.0 Å². The minimum absolute atomic E-state index is 0.577. The molecule has 2 aromatic carbocycles. The molecule has 3 nitrogen and oxygen atoms in total. The van der Waals surface area contributed by atoms with Gasteiger partial charge in [0.1, 0.15) is 17.1 Å². The van der Waals surface area contributed by atoms with E-state index in [1.54, 1.807) is 0 Å². The van der Waals surface area contributed by atoms with E-state index < -0.39 is 0 Å². The van der Waals surface area contributed by atoms with Crippen LogP contribution in [0.3, 0.4) is 0 Å². The molecule has 0 N–H and O–H groups in total. The minimum Gasteiger partial charge on any atom is -0.438 e. The molecule has 0 amide bonds. The summed E-state index contributed by atoms with van der Waals surface area (Å²) < 4.78 is 5.87. The Morgan fingerprint density at radius 2 is 1.70 bits per heavy atom. The van der Waals surface area contributed by atoms with Crippen LogP contribution in [0.4, 0.5) is 0 Å². The molecule has 0 aliphatic carbocycles. The van der Waals surface area contributed by atoms with Gasteiger partial charge in [-0.3, -0.25) is 0 Å². The molecule has 4 rings (SSSR count). The number of nitrogens with zero attached hydrogens (tertiary/aromatic N) is 2. The Morgan fingerprint density at radius 3 is 2.52 bits per heavy atom. The molecule has 0 bridgehead atoms.